The average molecular weight is 593 g/mol. The van der Waals surface area contributed by atoms with Crippen LogP contribution in [0.3, 0.4) is 0 Å². The Morgan fingerprint density at radius 3 is 2.18 bits per heavy atom. The van der Waals surface area contributed by atoms with Gasteiger partial charge in [0.1, 0.15) is 0 Å². The number of hydrogen-bond acceptors (Lipinski definition) is 5. The topological polar surface area (TPSA) is 77.9 Å². The molecule has 0 saturated carbocycles. The molecule has 2 unspecified atom stereocenters. The molecule has 4 aromatic carbocycles. The number of amides is 1. The van der Waals surface area contributed by atoms with E-state index in [2.05, 4.69) is 6.92 Å². The zero-order valence-corrected chi connectivity index (χ0v) is 25.2. The second kappa shape index (κ2) is 9.71. The zero-order valence-electron chi connectivity index (χ0n) is 25.2. The second-order valence-electron chi connectivity index (χ2n) is 12.4. The molecule has 1 amide bonds. The molecule has 0 aromatic heterocycles. The summed E-state index contributed by atoms with van der Waals surface area (Å²) in [6.45, 7) is 4.57. The van der Waals surface area contributed by atoms with Crippen molar-refractivity contribution in [3.8, 4) is 0 Å². The third-order valence-electron chi connectivity index (χ3n) is 10.0. The first kappa shape index (κ1) is 27.5. The van der Waals surface area contributed by atoms with E-state index in [1.165, 1.54) is 0 Å². The molecule has 4 aliphatic rings. The van der Waals surface area contributed by atoms with Crippen LogP contribution < -0.4 is 4.90 Å². The highest BCUT2D eigenvalue weighted by Crippen LogP contribution is 2.69. The molecule has 1 N–H and O–H groups in total. The minimum absolute atomic E-state index is 0.244. The van der Waals surface area contributed by atoms with Crippen molar-refractivity contribution in [2.45, 2.75) is 38.3 Å². The van der Waals surface area contributed by atoms with Crippen LogP contribution in [0.15, 0.2) is 109 Å². The molecule has 4 aromatic rings. The van der Waals surface area contributed by atoms with Gasteiger partial charge < -0.3 is 14.9 Å². The average Bonchev–Trinajstić information content (AvgIpc) is 3.57. The summed E-state index contributed by atoms with van der Waals surface area (Å²) >= 11 is 0. The standard InChI is InChI=1S/C39H32N2O4/c1-3-4-21-40-31-19-18-24(2)23-30(31)32(37(40)44)34-39(45,26-13-6-5-7-14-26)38(35(42)28-16-10-11-17-29(28)36(38)43)33-27-15-9-8-12-25(27)20-22-41(33)34/h5-20,22-23,33,45H,3-4,21H2,1-2H3/b34-32+. The van der Waals surface area contributed by atoms with Crippen LogP contribution in [0.2, 0.25) is 0 Å². The van der Waals surface area contributed by atoms with E-state index in [-0.39, 0.29) is 22.7 Å². The number of fused-ring (bicyclic) bond motifs is 6. The third-order valence-corrected chi connectivity index (χ3v) is 10.0. The van der Waals surface area contributed by atoms with Crippen molar-refractivity contribution >= 4 is 34.8 Å². The Morgan fingerprint density at radius 1 is 0.800 bits per heavy atom. The molecule has 1 fully saturated rings. The number of hydrogen-bond donors (Lipinski definition) is 1. The summed E-state index contributed by atoms with van der Waals surface area (Å²) in [5.74, 6) is -1.13. The predicted molar refractivity (Wildman–Crippen MR) is 173 cm³/mol. The minimum atomic E-state index is -2.19. The number of carbonyl (C=O) groups excluding carboxylic acids is 3. The van der Waals surface area contributed by atoms with E-state index in [0.29, 0.717) is 23.2 Å². The normalized spacial score (nSPS) is 23.9. The van der Waals surface area contributed by atoms with E-state index in [4.69, 9.17) is 0 Å². The molecule has 0 radical (unpaired) electrons. The van der Waals surface area contributed by atoms with E-state index in [1.807, 2.05) is 72.6 Å². The summed E-state index contributed by atoms with van der Waals surface area (Å²) in [6, 6.07) is 28.5. The Bertz CT molecular complexity index is 1970. The number of ketones is 2. The van der Waals surface area contributed by atoms with Crippen molar-refractivity contribution < 1.29 is 19.5 Å². The van der Waals surface area contributed by atoms with Gasteiger partial charge in [0.05, 0.1) is 23.0 Å². The number of Topliss-reactive ketones (excluding diaryl/α,β-unsaturated/α-hetero) is 2. The summed E-state index contributed by atoms with van der Waals surface area (Å²) in [5, 5.41) is 13.7. The highest BCUT2D eigenvalue weighted by Gasteiger charge is 2.77. The van der Waals surface area contributed by atoms with Gasteiger partial charge in [0.25, 0.3) is 5.91 Å². The van der Waals surface area contributed by atoms with Crippen molar-refractivity contribution in [1.82, 2.24) is 4.90 Å². The van der Waals surface area contributed by atoms with Gasteiger partial charge in [0.15, 0.2) is 22.6 Å². The maximum atomic E-state index is 15.1. The molecule has 8 rings (SSSR count). The molecular formula is C39H32N2O4. The fraction of sp³-hybridized carbons (Fsp3) is 0.205. The van der Waals surface area contributed by atoms with Crippen LogP contribution in [0.4, 0.5) is 5.69 Å². The molecule has 1 saturated heterocycles. The van der Waals surface area contributed by atoms with Crippen molar-refractivity contribution in [1.29, 1.82) is 0 Å². The zero-order chi connectivity index (χ0) is 31.1. The monoisotopic (exact) mass is 592 g/mol. The van der Waals surface area contributed by atoms with E-state index < -0.39 is 28.6 Å². The molecule has 3 heterocycles. The van der Waals surface area contributed by atoms with Crippen molar-refractivity contribution in [2.75, 3.05) is 11.4 Å². The SMILES string of the molecule is CCCCN1C(=O)/C(=C2/N3C=Cc4ccccc4C3C3(C(=O)c4ccccc4C3=O)C2(O)c2ccccc2)c2cc(C)ccc21. The lowest BCUT2D eigenvalue weighted by Gasteiger charge is -2.40. The predicted octanol–water partition coefficient (Wildman–Crippen LogP) is 6.85. The highest BCUT2D eigenvalue weighted by atomic mass is 16.3. The number of benzene rings is 4. The van der Waals surface area contributed by atoms with Gasteiger partial charge in [0.2, 0.25) is 0 Å². The molecule has 45 heavy (non-hydrogen) atoms. The first-order chi connectivity index (χ1) is 21.9. The highest BCUT2D eigenvalue weighted by molar-refractivity contribution is 6.35. The number of aliphatic hydroxyl groups is 1. The smallest absolute Gasteiger partial charge is 0.260 e. The largest absolute Gasteiger partial charge is 0.377 e. The summed E-state index contributed by atoms with van der Waals surface area (Å²) in [7, 11) is 0. The van der Waals surface area contributed by atoms with Gasteiger partial charge >= 0.3 is 0 Å². The minimum Gasteiger partial charge on any atom is -0.377 e. The second-order valence-corrected chi connectivity index (χ2v) is 12.4. The van der Waals surface area contributed by atoms with Crippen LogP contribution in [0.25, 0.3) is 11.6 Å². The van der Waals surface area contributed by atoms with E-state index in [1.54, 1.807) is 53.4 Å². The van der Waals surface area contributed by atoms with E-state index >= 15 is 9.59 Å². The lowest BCUT2D eigenvalue weighted by molar-refractivity contribution is -0.113. The fourth-order valence-corrected chi connectivity index (χ4v) is 8.08. The molecule has 1 spiro atoms. The van der Waals surface area contributed by atoms with Gasteiger partial charge in [-0.3, -0.25) is 14.4 Å². The van der Waals surface area contributed by atoms with Crippen LogP contribution in [-0.2, 0) is 10.4 Å². The Kier molecular flexibility index (Phi) is 5.93. The molecule has 222 valence electrons. The van der Waals surface area contributed by atoms with E-state index in [0.717, 1.165) is 35.2 Å². The Hall–Kier alpha value is -5.07. The summed E-state index contributed by atoms with van der Waals surface area (Å²) < 4.78 is 0. The summed E-state index contributed by atoms with van der Waals surface area (Å²) in [5.41, 5.74) is 1.37. The van der Waals surface area contributed by atoms with Crippen LogP contribution >= 0.6 is 0 Å². The van der Waals surface area contributed by atoms with E-state index in [9.17, 15) is 9.90 Å². The number of aryl methyl sites for hydroxylation is 1. The third kappa shape index (κ3) is 3.35. The quantitative estimate of drug-likeness (QED) is 0.207. The molecule has 1 aliphatic carbocycles. The van der Waals surface area contributed by atoms with Gasteiger partial charge in [-0.25, -0.2) is 0 Å². The lowest BCUT2D eigenvalue weighted by atomic mass is 9.60. The van der Waals surface area contributed by atoms with Gasteiger partial charge in [-0.2, -0.15) is 0 Å². The van der Waals surface area contributed by atoms with Crippen LogP contribution in [-0.4, -0.2) is 34.0 Å². The van der Waals surface area contributed by atoms with Gasteiger partial charge in [-0.1, -0.05) is 104 Å². The van der Waals surface area contributed by atoms with Crippen molar-refractivity contribution in [3.63, 3.8) is 0 Å². The molecule has 0 bridgehead atoms. The Balaban J connectivity index is 1.54. The van der Waals surface area contributed by atoms with Crippen LogP contribution in [0, 0.1) is 12.3 Å². The summed E-state index contributed by atoms with van der Waals surface area (Å²) in [4.78, 5) is 48.5. The molecule has 6 heteroatoms. The first-order valence-electron chi connectivity index (χ1n) is 15.5. The van der Waals surface area contributed by atoms with Crippen LogP contribution in [0.1, 0.15) is 74.3 Å². The molecular weight excluding hydrogens is 560 g/mol. The summed E-state index contributed by atoms with van der Waals surface area (Å²) in [6.07, 6.45) is 5.47. The van der Waals surface area contributed by atoms with Crippen molar-refractivity contribution in [3.05, 3.63) is 148 Å². The first-order valence-corrected chi connectivity index (χ1v) is 15.5. The molecule has 2 atom stereocenters. The number of rotatable bonds is 4. The Morgan fingerprint density at radius 2 is 1.47 bits per heavy atom. The maximum absolute atomic E-state index is 15.1. The number of unbranched alkanes of at least 4 members (excludes halogenated alkanes) is 1. The molecule has 3 aliphatic heterocycles. The van der Waals surface area contributed by atoms with Gasteiger partial charge in [-0.15, -0.1) is 0 Å². The maximum Gasteiger partial charge on any atom is 0.260 e. The van der Waals surface area contributed by atoms with Gasteiger partial charge in [-0.05, 0) is 48.2 Å². The van der Waals surface area contributed by atoms with Crippen LogP contribution in [0.5, 0.6) is 0 Å². The molecule has 6 nitrogen and oxygen atoms in total. The number of nitrogens with zero attached hydrogens (tertiary/aromatic N) is 2. The number of anilines is 1. The van der Waals surface area contributed by atoms with Gasteiger partial charge in [0, 0.05) is 29.4 Å². The number of carbonyl (C=O) groups is 3. The van der Waals surface area contributed by atoms with Crippen molar-refractivity contribution in [2.24, 2.45) is 5.41 Å². The fourth-order valence-electron chi connectivity index (χ4n) is 8.08. The lowest BCUT2D eigenvalue weighted by Crippen LogP contribution is -2.53. The Labute approximate surface area is 261 Å².